The van der Waals surface area contributed by atoms with Gasteiger partial charge in [-0.3, -0.25) is 4.68 Å². The van der Waals surface area contributed by atoms with Crippen molar-refractivity contribution in [1.82, 2.24) is 9.78 Å². The van der Waals surface area contributed by atoms with Gasteiger partial charge in [0.05, 0.1) is 16.4 Å². The molecule has 1 aromatic carbocycles. The van der Waals surface area contributed by atoms with Crippen LogP contribution in [0.4, 0.5) is 0 Å². The number of halogens is 2. The number of rotatable bonds is 5. The van der Waals surface area contributed by atoms with Gasteiger partial charge in [-0.15, -0.1) is 11.8 Å². The van der Waals surface area contributed by atoms with Gasteiger partial charge in [0.2, 0.25) is 0 Å². The lowest BCUT2D eigenvalue weighted by molar-refractivity contribution is 0.188. The molecule has 2 rings (SSSR count). The molecule has 0 spiro atoms. The Kier molecular flexibility index (Phi) is 5.72. The van der Waals surface area contributed by atoms with Crippen LogP contribution in [-0.4, -0.2) is 20.6 Å². The molecule has 0 saturated carbocycles. The number of hydrogen-bond donors (Lipinski definition) is 1. The summed E-state index contributed by atoms with van der Waals surface area (Å²) in [7, 11) is 0. The van der Waals surface area contributed by atoms with Crippen LogP contribution in [0.1, 0.15) is 31.7 Å². The Morgan fingerprint density at radius 3 is 2.60 bits per heavy atom. The normalized spacial score (nSPS) is 12.9. The third-order valence-electron chi connectivity index (χ3n) is 2.83. The van der Waals surface area contributed by atoms with Gasteiger partial charge in [0.25, 0.3) is 0 Å². The molecule has 0 bridgehead atoms. The highest BCUT2D eigenvalue weighted by molar-refractivity contribution is 9.10. The number of benzene rings is 1. The molecule has 6 heteroatoms. The van der Waals surface area contributed by atoms with Gasteiger partial charge < -0.3 is 5.11 Å². The number of aromatic nitrogens is 2. The highest BCUT2D eigenvalue weighted by Gasteiger charge is 2.19. The molecule has 0 fully saturated rings. The van der Waals surface area contributed by atoms with Crippen LogP contribution in [0, 0.1) is 0 Å². The fourth-order valence-electron chi connectivity index (χ4n) is 1.88. The first-order valence-corrected chi connectivity index (χ1v) is 8.86. The number of hydrogen-bond acceptors (Lipinski definition) is 3. The smallest absolute Gasteiger partial charge is 0.106 e. The average Bonchev–Trinajstić information content (AvgIpc) is 2.79. The molecule has 0 aliphatic rings. The van der Waals surface area contributed by atoms with Gasteiger partial charge in [-0.2, -0.15) is 5.10 Å². The molecule has 3 nitrogen and oxygen atoms in total. The van der Waals surface area contributed by atoms with Crippen LogP contribution in [-0.2, 0) is 0 Å². The van der Waals surface area contributed by atoms with Crippen LogP contribution in [0.15, 0.2) is 44.3 Å². The lowest BCUT2D eigenvalue weighted by Crippen LogP contribution is -2.13. The molecule has 1 unspecified atom stereocenters. The van der Waals surface area contributed by atoms with Crippen molar-refractivity contribution in [2.24, 2.45) is 0 Å². The highest BCUT2D eigenvalue weighted by Crippen LogP contribution is 2.33. The fourth-order valence-corrected chi connectivity index (χ4v) is 3.93. The van der Waals surface area contributed by atoms with E-state index in [-0.39, 0.29) is 6.04 Å². The van der Waals surface area contributed by atoms with Gasteiger partial charge >= 0.3 is 0 Å². The van der Waals surface area contributed by atoms with Crippen molar-refractivity contribution in [3.63, 3.8) is 0 Å². The molecule has 0 amide bonds. The van der Waals surface area contributed by atoms with Crippen molar-refractivity contribution in [3.8, 4) is 0 Å². The molecule has 1 atom stereocenters. The van der Waals surface area contributed by atoms with E-state index in [1.54, 1.807) is 18.0 Å². The van der Waals surface area contributed by atoms with Crippen molar-refractivity contribution in [1.29, 1.82) is 0 Å². The minimum Gasteiger partial charge on any atom is -0.386 e. The Morgan fingerprint density at radius 2 is 1.95 bits per heavy atom. The zero-order valence-corrected chi connectivity index (χ0v) is 15.2. The molecule has 2 aromatic rings. The predicted molar refractivity (Wildman–Crippen MR) is 90.1 cm³/mol. The van der Waals surface area contributed by atoms with E-state index in [0.29, 0.717) is 5.75 Å². The molecular weight excluding hydrogens is 404 g/mol. The Hall–Kier alpha value is -0.300. The molecule has 0 aliphatic carbocycles. The summed E-state index contributed by atoms with van der Waals surface area (Å²) in [4.78, 5) is 1.12. The average molecular weight is 420 g/mol. The standard InChI is InChI=1S/C14H16Br2N2OS/c1-9(2)18-14(11(16)7-17-18)12(19)8-20-13-6-4-3-5-10(13)15/h3-7,9,12,19H,8H2,1-2H3. The maximum atomic E-state index is 10.4. The van der Waals surface area contributed by atoms with Crippen molar-refractivity contribution >= 4 is 43.6 Å². The maximum Gasteiger partial charge on any atom is 0.106 e. The first-order chi connectivity index (χ1) is 9.50. The van der Waals surface area contributed by atoms with Crippen LogP contribution in [0.2, 0.25) is 0 Å². The van der Waals surface area contributed by atoms with E-state index < -0.39 is 6.10 Å². The zero-order valence-electron chi connectivity index (χ0n) is 11.3. The molecule has 20 heavy (non-hydrogen) atoms. The van der Waals surface area contributed by atoms with Crippen molar-refractivity contribution in [2.45, 2.75) is 30.9 Å². The number of thioether (sulfide) groups is 1. The second-order valence-corrected chi connectivity index (χ2v) is 7.44. The molecule has 0 radical (unpaired) electrons. The largest absolute Gasteiger partial charge is 0.386 e. The number of aliphatic hydroxyl groups excluding tert-OH is 1. The van der Waals surface area contributed by atoms with Gasteiger partial charge in [-0.05, 0) is 57.8 Å². The molecule has 1 aromatic heterocycles. The van der Waals surface area contributed by atoms with Gasteiger partial charge in [0.15, 0.2) is 0 Å². The summed E-state index contributed by atoms with van der Waals surface area (Å²) < 4.78 is 3.76. The van der Waals surface area contributed by atoms with E-state index in [1.165, 1.54) is 0 Å². The van der Waals surface area contributed by atoms with Crippen LogP contribution in [0.25, 0.3) is 0 Å². The van der Waals surface area contributed by atoms with E-state index in [4.69, 9.17) is 0 Å². The molecular formula is C14H16Br2N2OS. The van der Waals surface area contributed by atoms with Gasteiger partial charge in [0.1, 0.15) is 6.10 Å². The summed E-state index contributed by atoms with van der Waals surface area (Å²) in [6, 6.07) is 8.24. The first kappa shape index (κ1) is 16.1. The second kappa shape index (κ2) is 7.11. The van der Waals surface area contributed by atoms with Gasteiger partial charge in [-0.25, -0.2) is 0 Å². The third-order valence-corrected chi connectivity index (χ3v) is 5.54. The van der Waals surface area contributed by atoms with Crippen molar-refractivity contribution < 1.29 is 5.11 Å². The van der Waals surface area contributed by atoms with E-state index in [9.17, 15) is 5.11 Å². The number of nitrogens with zero attached hydrogens (tertiary/aromatic N) is 2. The van der Waals surface area contributed by atoms with Crippen LogP contribution < -0.4 is 0 Å². The zero-order chi connectivity index (χ0) is 14.7. The highest BCUT2D eigenvalue weighted by atomic mass is 79.9. The van der Waals surface area contributed by atoms with E-state index in [2.05, 4.69) is 50.8 Å². The molecule has 0 saturated heterocycles. The quantitative estimate of drug-likeness (QED) is 0.706. The van der Waals surface area contributed by atoms with Gasteiger partial charge in [-0.1, -0.05) is 12.1 Å². The monoisotopic (exact) mass is 418 g/mol. The lowest BCUT2D eigenvalue weighted by Gasteiger charge is -2.16. The Labute approximate surface area is 140 Å². The maximum absolute atomic E-state index is 10.4. The third kappa shape index (κ3) is 3.67. The van der Waals surface area contributed by atoms with E-state index >= 15 is 0 Å². The Bertz CT molecular complexity index is 586. The molecule has 1 N–H and O–H groups in total. The van der Waals surface area contributed by atoms with Crippen LogP contribution in [0.5, 0.6) is 0 Å². The summed E-state index contributed by atoms with van der Waals surface area (Å²) in [6.07, 6.45) is 1.17. The van der Waals surface area contributed by atoms with Crippen molar-refractivity contribution in [3.05, 3.63) is 45.1 Å². The number of aliphatic hydroxyl groups is 1. The Morgan fingerprint density at radius 1 is 1.25 bits per heavy atom. The first-order valence-electron chi connectivity index (χ1n) is 6.29. The minimum absolute atomic E-state index is 0.222. The van der Waals surface area contributed by atoms with E-state index in [1.807, 2.05) is 28.9 Å². The summed E-state index contributed by atoms with van der Waals surface area (Å²) in [5.74, 6) is 0.583. The molecule has 0 aliphatic heterocycles. The lowest BCUT2D eigenvalue weighted by atomic mass is 10.2. The molecule has 108 valence electrons. The van der Waals surface area contributed by atoms with Crippen molar-refractivity contribution in [2.75, 3.05) is 5.75 Å². The summed E-state index contributed by atoms with van der Waals surface area (Å²) in [5.41, 5.74) is 0.833. The topological polar surface area (TPSA) is 38.0 Å². The van der Waals surface area contributed by atoms with E-state index in [0.717, 1.165) is 19.5 Å². The Balaban J connectivity index is 2.11. The molecule has 1 heterocycles. The van der Waals surface area contributed by atoms with Gasteiger partial charge in [0, 0.05) is 21.2 Å². The SMILES string of the molecule is CC(C)n1ncc(Br)c1C(O)CSc1ccccc1Br. The second-order valence-electron chi connectivity index (χ2n) is 4.67. The predicted octanol–water partition coefficient (Wildman–Crippen LogP) is 4.81. The summed E-state index contributed by atoms with van der Waals surface area (Å²) in [6.45, 7) is 4.10. The fraction of sp³-hybridized carbons (Fsp3) is 0.357. The van der Waals surface area contributed by atoms with Crippen LogP contribution in [0.3, 0.4) is 0 Å². The summed E-state index contributed by atoms with van der Waals surface area (Å²) >= 11 is 8.61. The minimum atomic E-state index is -0.564. The van der Waals surface area contributed by atoms with Crippen LogP contribution >= 0.6 is 43.6 Å². The summed E-state index contributed by atoms with van der Waals surface area (Å²) in [5, 5.41) is 14.7.